The quantitative estimate of drug-likeness (QED) is 0.354. The smallest absolute Gasteiger partial charge is 0.354 e. The number of anilines is 2. The molecule has 0 saturated heterocycles. The van der Waals surface area contributed by atoms with Gasteiger partial charge >= 0.3 is 5.69 Å². The molecule has 0 radical (unpaired) electrons. The molecule has 0 aliphatic rings. The van der Waals surface area contributed by atoms with Gasteiger partial charge < -0.3 is 15.6 Å². The summed E-state index contributed by atoms with van der Waals surface area (Å²) in [6.45, 7) is 4.24. The molecule has 0 bridgehead atoms. The SMILES string of the molecule is CCN(C)CCNc1ncnc(NN)c1[N+](=O)[O-]. The molecule has 0 aliphatic heterocycles. The molecule has 9 nitrogen and oxygen atoms in total. The number of nitrogens with zero attached hydrogens (tertiary/aromatic N) is 4. The first kappa shape index (κ1) is 14.1. The molecule has 1 aromatic rings. The van der Waals surface area contributed by atoms with Gasteiger partial charge in [0.05, 0.1) is 4.92 Å². The van der Waals surface area contributed by atoms with E-state index in [9.17, 15) is 10.1 Å². The minimum absolute atomic E-state index is 0.0126. The Labute approximate surface area is 105 Å². The van der Waals surface area contributed by atoms with Gasteiger partial charge in [-0.3, -0.25) is 10.1 Å². The Bertz CT molecular complexity index is 412. The Morgan fingerprint density at radius 3 is 2.72 bits per heavy atom. The fourth-order valence-electron chi connectivity index (χ4n) is 1.31. The lowest BCUT2D eigenvalue weighted by molar-refractivity contribution is -0.383. The van der Waals surface area contributed by atoms with Crippen molar-refractivity contribution < 1.29 is 4.92 Å². The number of aromatic nitrogens is 2. The summed E-state index contributed by atoms with van der Waals surface area (Å²) in [6.07, 6.45) is 1.22. The van der Waals surface area contributed by atoms with Gasteiger partial charge in [0, 0.05) is 13.1 Å². The van der Waals surface area contributed by atoms with Crippen LogP contribution in [0.2, 0.25) is 0 Å². The zero-order valence-electron chi connectivity index (χ0n) is 10.4. The number of likely N-dealkylation sites (N-methyl/N-ethyl adjacent to an activating group) is 1. The highest BCUT2D eigenvalue weighted by molar-refractivity contribution is 5.68. The number of rotatable bonds is 7. The highest BCUT2D eigenvalue weighted by atomic mass is 16.6. The van der Waals surface area contributed by atoms with E-state index in [1.54, 1.807) is 0 Å². The van der Waals surface area contributed by atoms with Crippen LogP contribution >= 0.6 is 0 Å². The Morgan fingerprint density at radius 1 is 1.50 bits per heavy atom. The average molecular weight is 255 g/mol. The van der Waals surface area contributed by atoms with Crippen LogP contribution in [-0.2, 0) is 0 Å². The van der Waals surface area contributed by atoms with Crippen LogP contribution in [0.5, 0.6) is 0 Å². The number of nitro groups is 1. The van der Waals surface area contributed by atoms with Crippen LogP contribution in [0.4, 0.5) is 17.3 Å². The second kappa shape index (κ2) is 6.67. The van der Waals surface area contributed by atoms with Crippen LogP contribution in [0.3, 0.4) is 0 Å². The molecule has 1 rings (SSSR count). The van der Waals surface area contributed by atoms with E-state index in [1.807, 2.05) is 14.0 Å². The molecule has 0 fully saturated rings. The summed E-state index contributed by atoms with van der Waals surface area (Å²) in [4.78, 5) is 20.0. The molecule has 1 heterocycles. The highest BCUT2D eigenvalue weighted by Gasteiger charge is 2.21. The molecule has 18 heavy (non-hydrogen) atoms. The van der Waals surface area contributed by atoms with Crippen molar-refractivity contribution in [2.24, 2.45) is 5.84 Å². The molecule has 9 heteroatoms. The minimum atomic E-state index is -0.568. The van der Waals surface area contributed by atoms with Gasteiger partial charge in [-0.25, -0.2) is 15.8 Å². The normalized spacial score (nSPS) is 10.4. The van der Waals surface area contributed by atoms with Gasteiger partial charge in [-0.15, -0.1) is 0 Å². The Morgan fingerprint density at radius 2 is 2.17 bits per heavy atom. The summed E-state index contributed by atoms with van der Waals surface area (Å²) in [6, 6.07) is 0. The first-order chi connectivity index (χ1) is 8.60. The standard InChI is InChI=1S/C9H17N7O2/c1-3-15(2)5-4-11-8-7(16(17)18)9(14-10)13-6-12-8/h6H,3-5,10H2,1-2H3,(H2,11,12,13,14). The Kier molecular flexibility index (Phi) is 5.21. The zero-order valence-corrected chi connectivity index (χ0v) is 10.4. The van der Waals surface area contributed by atoms with Gasteiger partial charge in [0.2, 0.25) is 11.6 Å². The predicted molar refractivity (Wildman–Crippen MR) is 68.2 cm³/mol. The first-order valence-electron chi connectivity index (χ1n) is 5.48. The summed E-state index contributed by atoms with van der Waals surface area (Å²) in [5, 5.41) is 13.8. The molecule has 0 amide bonds. The summed E-state index contributed by atoms with van der Waals surface area (Å²) in [7, 11) is 1.96. The van der Waals surface area contributed by atoms with E-state index in [2.05, 4.69) is 25.6 Å². The van der Waals surface area contributed by atoms with Gasteiger partial charge in [0.1, 0.15) is 6.33 Å². The van der Waals surface area contributed by atoms with E-state index in [1.165, 1.54) is 6.33 Å². The summed E-state index contributed by atoms with van der Waals surface area (Å²) < 4.78 is 0. The van der Waals surface area contributed by atoms with E-state index >= 15 is 0 Å². The second-order valence-corrected chi connectivity index (χ2v) is 3.64. The van der Waals surface area contributed by atoms with Crippen molar-refractivity contribution >= 4 is 17.3 Å². The maximum atomic E-state index is 10.9. The first-order valence-corrected chi connectivity index (χ1v) is 5.48. The summed E-state index contributed by atoms with van der Waals surface area (Å²) in [5.74, 6) is 5.32. The van der Waals surface area contributed by atoms with E-state index in [0.717, 1.165) is 13.1 Å². The number of hydrogen-bond acceptors (Lipinski definition) is 8. The Hall–Kier alpha value is -2.00. The molecule has 1 aromatic heterocycles. The van der Waals surface area contributed by atoms with E-state index in [4.69, 9.17) is 5.84 Å². The van der Waals surface area contributed by atoms with Gasteiger partial charge in [-0.2, -0.15) is 0 Å². The van der Waals surface area contributed by atoms with Crippen molar-refractivity contribution in [2.45, 2.75) is 6.92 Å². The zero-order chi connectivity index (χ0) is 13.5. The molecule has 0 aliphatic carbocycles. The van der Waals surface area contributed by atoms with E-state index in [0.29, 0.717) is 6.54 Å². The molecular formula is C9H17N7O2. The maximum absolute atomic E-state index is 10.9. The molecule has 0 spiro atoms. The van der Waals surface area contributed by atoms with Crippen molar-refractivity contribution in [1.82, 2.24) is 14.9 Å². The minimum Gasteiger partial charge on any atom is -0.363 e. The predicted octanol–water partition coefficient (Wildman–Crippen LogP) is 0.0340. The second-order valence-electron chi connectivity index (χ2n) is 3.64. The lowest BCUT2D eigenvalue weighted by Crippen LogP contribution is -2.25. The van der Waals surface area contributed by atoms with Crippen molar-refractivity contribution in [3.05, 3.63) is 16.4 Å². The van der Waals surface area contributed by atoms with Crippen molar-refractivity contribution in [3.8, 4) is 0 Å². The van der Waals surface area contributed by atoms with Crippen LogP contribution in [0.15, 0.2) is 6.33 Å². The fraction of sp³-hybridized carbons (Fsp3) is 0.556. The van der Waals surface area contributed by atoms with Gasteiger partial charge in [-0.05, 0) is 13.6 Å². The number of nitrogens with one attached hydrogen (secondary N) is 2. The third-order valence-electron chi connectivity index (χ3n) is 2.47. The number of nitrogens with two attached hydrogens (primary N) is 1. The molecule has 0 unspecified atom stereocenters. The van der Waals surface area contributed by atoms with E-state index < -0.39 is 4.92 Å². The monoisotopic (exact) mass is 255 g/mol. The van der Waals surface area contributed by atoms with Crippen molar-refractivity contribution in [2.75, 3.05) is 37.4 Å². The number of nitrogen functional groups attached to an aromatic ring is 1. The molecule has 0 atom stereocenters. The topological polar surface area (TPSA) is 122 Å². The molecule has 0 aromatic carbocycles. The lowest BCUT2D eigenvalue weighted by Gasteiger charge is -2.14. The van der Waals surface area contributed by atoms with E-state index in [-0.39, 0.29) is 17.3 Å². The van der Waals surface area contributed by atoms with Crippen molar-refractivity contribution in [1.29, 1.82) is 0 Å². The molecule has 0 saturated carbocycles. The van der Waals surface area contributed by atoms with Gasteiger partial charge in [-0.1, -0.05) is 6.92 Å². The van der Waals surface area contributed by atoms with Crippen LogP contribution in [-0.4, -0.2) is 46.5 Å². The molecule has 4 N–H and O–H groups in total. The average Bonchev–Trinajstić information content (AvgIpc) is 2.37. The largest absolute Gasteiger partial charge is 0.363 e. The van der Waals surface area contributed by atoms with Crippen LogP contribution in [0, 0.1) is 10.1 Å². The number of hydrogen-bond donors (Lipinski definition) is 3. The van der Waals surface area contributed by atoms with Crippen molar-refractivity contribution in [3.63, 3.8) is 0 Å². The van der Waals surface area contributed by atoms with Crippen LogP contribution in [0.1, 0.15) is 6.92 Å². The fourth-order valence-corrected chi connectivity index (χ4v) is 1.31. The summed E-state index contributed by atoms with van der Waals surface area (Å²) >= 11 is 0. The lowest BCUT2D eigenvalue weighted by atomic mass is 10.4. The Balaban J connectivity index is 2.78. The molecular weight excluding hydrogens is 238 g/mol. The summed E-state index contributed by atoms with van der Waals surface area (Å²) in [5.41, 5.74) is 1.93. The van der Waals surface area contributed by atoms with Gasteiger partial charge in [0.25, 0.3) is 0 Å². The highest BCUT2D eigenvalue weighted by Crippen LogP contribution is 2.27. The number of hydrazine groups is 1. The molecule has 100 valence electrons. The van der Waals surface area contributed by atoms with Crippen LogP contribution in [0.25, 0.3) is 0 Å². The van der Waals surface area contributed by atoms with Gasteiger partial charge in [0.15, 0.2) is 0 Å². The third kappa shape index (κ3) is 3.50. The maximum Gasteiger partial charge on any atom is 0.354 e. The van der Waals surface area contributed by atoms with Crippen LogP contribution < -0.4 is 16.6 Å². The third-order valence-corrected chi connectivity index (χ3v) is 2.47.